The number of aromatic nitrogens is 1. The van der Waals surface area contributed by atoms with Gasteiger partial charge in [0.25, 0.3) is 11.8 Å². The van der Waals surface area contributed by atoms with Crippen molar-refractivity contribution in [3.8, 4) is 0 Å². The van der Waals surface area contributed by atoms with Crippen molar-refractivity contribution in [2.24, 2.45) is 0 Å². The predicted octanol–water partition coefficient (Wildman–Crippen LogP) is 3.17. The molecule has 0 atom stereocenters. The van der Waals surface area contributed by atoms with E-state index in [4.69, 9.17) is 0 Å². The van der Waals surface area contributed by atoms with Gasteiger partial charge in [-0.3, -0.25) is 14.6 Å². The molecule has 2 amide bonds. The number of piperidine rings is 1. The highest BCUT2D eigenvalue weighted by Crippen LogP contribution is 2.14. The summed E-state index contributed by atoms with van der Waals surface area (Å²) >= 11 is 0. The molecule has 2 aromatic rings. The summed E-state index contributed by atoms with van der Waals surface area (Å²) in [6, 6.07) is 10.9. The van der Waals surface area contributed by atoms with E-state index in [2.05, 4.69) is 10.3 Å². The lowest BCUT2D eigenvalue weighted by Gasteiger charge is -2.27. The first-order valence-corrected chi connectivity index (χ1v) is 8.92. The third kappa shape index (κ3) is 4.57. The number of rotatable bonds is 4. The highest BCUT2D eigenvalue weighted by atomic mass is 16.2. The van der Waals surface area contributed by atoms with E-state index in [1.165, 1.54) is 0 Å². The van der Waals surface area contributed by atoms with Gasteiger partial charge in [0.05, 0.1) is 0 Å². The number of carbonyl (C=O) groups is 2. The number of pyridine rings is 1. The molecule has 1 aromatic heterocycles. The maximum absolute atomic E-state index is 12.9. The fraction of sp³-hybridized carbons (Fsp3) is 0.286. The zero-order valence-corrected chi connectivity index (χ0v) is 14.9. The van der Waals surface area contributed by atoms with Gasteiger partial charge in [-0.15, -0.1) is 0 Å². The number of hydrogen-bond acceptors (Lipinski definition) is 3. The molecule has 1 aliphatic heterocycles. The van der Waals surface area contributed by atoms with Crippen molar-refractivity contribution >= 4 is 17.9 Å². The molecule has 1 aromatic carbocycles. The Bertz CT molecular complexity index is 792. The predicted molar refractivity (Wildman–Crippen MR) is 101 cm³/mol. The molecule has 1 saturated heterocycles. The number of hydrogen-bond donors (Lipinski definition) is 1. The summed E-state index contributed by atoms with van der Waals surface area (Å²) in [7, 11) is 0. The van der Waals surface area contributed by atoms with Gasteiger partial charge in [-0.1, -0.05) is 23.8 Å². The summed E-state index contributed by atoms with van der Waals surface area (Å²) in [6.07, 6.45) is 8.17. The van der Waals surface area contributed by atoms with Crippen LogP contribution in [-0.2, 0) is 4.79 Å². The molecular formula is C21H23N3O2. The molecule has 134 valence electrons. The molecule has 1 fully saturated rings. The minimum atomic E-state index is -0.287. The highest BCUT2D eigenvalue weighted by molar-refractivity contribution is 6.05. The first-order chi connectivity index (χ1) is 12.6. The normalized spacial score (nSPS) is 14.8. The van der Waals surface area contributed by atoms with E-state index in [-0.39, 0.29) is 17.5 Å². The standard InChI is InChI=1S/C21H23N3O2/c1-16-7-9-18(10-8-16)20(25)23-19(14-17-6-5-11-22-15-17)21(26)24-12-3-2-4-13-24/h5-11,14-15H,2-4,12-13H2,1H3,(H,23,25)/b19-14+. The van der Waals surface area contributed by atoms with Crippen LogP contribution in [0.25, 0.3) is 6.08 Å². The largest absolute Gasteiger partial charge is 0.337 e. The maximum Gasteiger partial charge on any atom is 0.270 e. The van der Waals surface area contributed by atoms with Crippen LogP contribution in [0.1, 0.15) is 40.7 Å². The average molecular weight is 349 g/mol. The molecule has 0 saturated carbocycles. The zero-order valence-electron chi connectivity index (χ0n) is 14.9. The van der Waals surface area contributed by atoms with E-state index in [1.54, 1.807) is 41.6 Å². The van der Waals surface area contributed by atoms with Crippen molar-refractivity contribution in [3.63, 3.8) is 0 Å². The third-order valence-electron chi connectivity index (χ3n) is 4.43. The number of nitrogens with one attached hydrogen (secondary N) is 1. The van der Waals surface area contributed by atoms with Gasteiger partial charge in [-0.25, -0.2) is 0 Å². The second-order valence-electron chi connectivity index (χ2n) is 6.52. The minimum Gasteiger partial charge on any atom is -0.337 e. The van der Waals surface area contributed by atoms with Crippen LogP contribution in [0.15, 0.2) is 54.5 Å². The molecule has 2 heterocycles. The molecule has 0 bridgehead atoms. The zero-order chi connectivity index (χ0) is 18.4. The van der Waals surface area contributed by atoms with Crippen LogP contribution in [0.5, 0.6) is 0 Å². The maximum atomic E-state index is 12.9. The Hall–Kier alpha value is -2.95. The summed E-state index contributed by atoms with van der Waals surface area (Å²) in [5.41, 5.74) is 2.67. The van der Waals surface area contributed by atoms with Crippen LogP contribution >= 0.6 is 0 Å². The van der Waals surface area contributed by atoms with Crippen LogP contribution in [0.4, 0.5) is 0 Å². The van der Waals surface area contributed by atoms with Gasteiger partial charge in [0, 0.05) is 31.0 Å². The Morgan fingerprint density at radius 1 is 1.08 bits per heavy atom. The Kier molecular flexibility index (Phi) is 5.79. The van der Waals surface area contributed by atoms with E-state index in [9.17, 15) is 9.59 Å². The second-order valence-corrected chi connectivity index (χ2v) is 6.52. The first-order valence-electron chi connectivity index (χ1n) is 8.92. The van der Waals surface area contributed by atoms with Gasteiger partial charge >= 0.3 is 0 Å². The molecule has 5 heteroatoms. The molecular weight excluding hydrogens is 326 g/mol. The number of amides is 2. The van der Waals surface area contributed by atoms with Crippen molar-refractivity contribution in [3.05, 3.63) is 71.2 Å². The number of likely N-dealkylation sites (tertiary alicyclic amines) is 1. The van der Waals surface area contributed by atoms with Crippen LogP contribution in [0.3, 0.4) is 0 Å². The number of aryl methyl sites for hydroxylation is 1. The van der Waals surface area contributed by atoms with Crippen molar-refractivity contribution in [1.29, 1.82) is 0 Å². The number of carbonyl (C=O) groups excluding carboxylic acids is 2. The van der Waals surface area contributed by atoms with Gasteiger partial charge in [-0.05, 0) is 56.0 Å². The molecule has 1 N–H and O–H groups in total. The smallest absolute Gasteiger partial charge is 0.270 e. The topological polar surface area (TPSA) is 62.3 Å². The Morgan fingerprint density at radius 2 is 1.81 bits per heavy atom. The number of nitrogens with zero attached hydrogens (tertiary/aromatic N) is 2. The second kappa shape index (κ2) is 8.43. The lowest BCUT2D eigenvalue weighted by atomic mass is 10.1. The quantitative estimate of drug-likeness (QED) is 0.863. The van der Waals surface area contributed by atoms with Crippen LogP contribution in [0, 0.1) is 6.92 Å². The van der Waals surface area contributed by atoms with Gasteiger partial charge in [-0.2, -0.15) is 0 Å². The average Bonchev–Trinajstić information content (AvgIpc) is 2.69. The molecule has 1 aliphatic rings. The molecule has 0 aliphatic carbocycles. The van der Waals surface area contributed by atoms with E-state index in [0.29, 0.717) is 5.56 Å². The van der Waals surface area contributed by atoms with Crippen molar-refractivity contribution in [2.75, 3.05) is 13.1 Å². The Balaban J connectivity index is 1.84. The monoisotopic (exact) mass is 349 g/mol. The number of benzene rings is 1. The van der Waals surface area contributed by atoms with E-state index < -0.39 is 0 Å². The van der Waals surface area contributed by atoms with Crippen LogP contribution in [-0.4, -0.2) is 34.8 Å². The van der Waals surface area contributed by atoms with Gasteiger partial charge in [0.1, 0.15) is 5.70 Å². The third-order valence-corrected chi connectivity index (χ3v) is 4.43. The SMILES string of the molecule is Cc1ccc(C(=O)N/C(=C/c2cccnc2)C(=O)N2CCCCC2)cc1. The summed E-state index contributed by atoms with van der Waals surface area (Å²) in [5.74, 6) is -0.431. The Labute approximate surface area is 153 Å². The van der Waals surface area contributed by atoms with Gasteiger partial charge in [0.15, 0.2) is 0 Å². The molecule has 0 unspecified atom stereocenters. The molecule has 3 rings (SSSR count). The van der Waals surface area contributed by atoms with Gasteiger partial charge in [0.2, 0.25) is 0 Å². The fourth-order valence-electron chi connectivity index (χ4n) is 2.95. The van der Waals surface area contributed by atoms with E-state index in [1.807, 2.05) is 25.1 Å². The highest BCUT2D eigenvalue weighted by Gasteiger charge is 2.22. The fourth-order valence-corrected chi connectivity index (χ4v) is 2.95. The molecule has 0 spiro atoms. The summed E-state index contributed by atoms with van der Waals surface area (Å²) in [5, 5.41) is 2.80. The molecule has 0 radical (unpaired) electrons. The minimum absolute atomic E-state index is 0.144. The van der Waals surface area contributed by atoms with Gasteiger partial charge < -0.3 is 10.2 Å². The Morgan fingerprint density at radius 3 is 2.46 bits per heavy atom. The summed E-state index contributed by atoms with van der Waals surface area (Å²) in [6.45, 7) is 3.42. The lowest BCUT2D eigenvalue weighted by Crippen LogP contribution is -2.41. The van der Waals surface area contributed by atoms with E-state index in [0.717, 1.165) is 43.5 Å². The van der Waals surface area contributed by atoms with Crippen LogP contribution in [0.2, 0.25) is 0 Å². The van der Waals surface area contributed by atoms with Crippen molar-refractivity contribution < 1.29 is 9.59 Å². The lowest BCUT2D eigenvalue weighted by molar-refractivity contribution is -0.128. The molecule has 26 heavy (non-hydrogen) atoms. The summed E-state index contributed by atoms with van der Waals surface area (Å²) in [4.78, 5) is 31.4. The van der Waals surface area contributed by atoms with E-state index >= 15 is 0 Å². The van der Waals surface area contributed by atoms with Crippen molar-refractivity contribution in [1.82, 2.24) is 15.2 Å². The molecule has 5 nitrogen and oxygen atoms in total. The first kappa shape index (κ1) is 17.9. The van der Waals surface area contributed by atoms with Crippen LogP contribution < -0.4 is 5.32 Å². The van der Waals surface area contributed by atoms with Crippen molar-refractivity contribution in [2.45, 2.75) is 26.2 Å². The summed E-state index contributed by atoms with van der Waals surface area (Å²) < 4.78 is 0.